The average Bonchev–Trinajstić information content (AvgIpc) is 2.93. The van der Waals surface area contributed by atoms with Gasteiger partial charge in [0.05, 0.1) is 21.7 Å². The van der Waals surface area contributed by atoms with Crippen LogP contribution in [-0.2, 0) is 0 Å². The summed E-state index contributed by atoms with van der Waals surface area (Å²) in [5.41, 5.74) is 2.81. The third-order valence-electron chi connectivity index (χ3n) is 4.64. The maximum absolute atomic E-state index is 11.3. The fourth-order valence-corrected chi connectivity index (χ4v) is 4.25. The minimum Gasteiger partial charge on any atom is -0.368 e. The maximum Gasteiger partial charge on any atom is 0.278 e. The van der Waals surface area contributed by atoms with E-state index in [1.807, 2.05) is 13.0 Å². The number of aryl methyl sites for hydroxylation is 1. The highest BCUT2D eigenvalue weighted by Crippen LogP contribution is 2.33. The Morgan fingerprint density at radius 1 is 1.15 bits per heavy atom. The molecule has 0 aliphatic carbocycles. The van der Waals surface area contributed by atoms with Gasteiger partial charge in [-0.1, -0.05) is 0 Å². The van der Waals surface area contributed by atoms with Crippen molar-refractivity contribution in [2.75, 3.05) is 36.0 Å². The van der Waals surface area contributed by atoms with Crippen molar-refractivity contribution in [2.45, 2.75) is 13.3 Å². The van der Waals surface area contributed by atoms with Gasteiger partial charge in [-0.05, 0) is 31.5 Å². The summed E-state index contributed by atoms with van der Waals surface area (Å²) in [6.45, 7) is 5.57. The van der Waals surface area contributed by atoms with Crippen LogP contribution in [0, 0.1) is 17.0 Å². The van der Waals surface area contributed by atoms with Crippen LogP contribution >= 0.6 is 11.3 Å². The van der Waals surface area contributed by atoms with Crippen LogP contribution in [0.25, 0.3) is 10.9 Å². The van der Waals surface area contributed by atoms with Crippen LogP contribution in [-0.4, -0.2) is 41.1 Å². The Hall–Kier alpha value is -2.74. The Kier molecular flexibility index (Phi) is 4.42. The normalized spacial score (nSPS) is 15.3. The molecule has 134 valence electrons. The molecule has 0 spiro atoms. The summed E-state index contributed by atoms with van der Waals surface area (Å²) in [7, 11) is 0. The van der Waals surface area contributed by atoms with Crippen molar-refractivity contribution in [3.05, 3.63) is 51.7 Å². The molecular formula is C18H19N5O2S. The topological polar surface area (TPSA) is 75.4 Å². The van der Waals surface area contributed by atoms with Gasteiger partial charge in [0.15, 0.2) is 5.13 Å². The van der Waals surface area contributed by atoms with E-state index in [1.54, 1.807) is 35.7 Å². The maximum atomic E-state index is 11.3. The minimum atomic E-state index is -0.344. The summed E-state index contributed by atoms with van der Waals surface area (Å²) in [4.78, 5) is 24.6. The predicted octanol–water partition coefficient (Wildman–Crippen LogP) is 3.62. The lowest BCUT2D eigenvalue weighted by atomic mass is 10.1. The third-order valence-corrected chi connectivity index (χ3v) is 5.66. The number of benzene rings is 1. The summed E-state index contributed by atoms with van der Waals surface area (Å²) < 4.78 is 0. The quantitative estimate of drug-likeness (QED) is 0.518. The molecular weight excluding hydrogens is 350 g/mol. The summed E-state index contributed by atoms with van der Waals surface area (Å²) >= 11 is 1.68. The van der Waals surface area contributed by atoms with Gasteiger partial charge in [0, 0.05) is 43.8 Å². The molecule has 0 bridgehead atoms. The van der Waals surface area contributed by atoms with Gasteiger partial charge in [0.1, 0.15) is 5.52 Å². The van der Waals surface area contributed by atoms with Gasteiger partial charge in [-0.25, -0.2) is 4.98 Å². The molecule has 0 unspecified atom stereocenters. The van der Waals surface area contributed by atoms with E-state index in [-0.39, 0.29) is 10.6 Å². The molecule has 0 N–H and O–H groups in total. The number of hydrogen-bond acceptors (Lipinski definition) is 7. The van der Waals surface area contributed by atoms with Crippen molar-refractivity contribution < 1.29 is 4.92 Å². The second-order valence-electron chi connectivity index (χ2n) is 6.36. The first kappa shape index (κ1) is 16.7. The molecule has 4 rings (SSSR count). The Morgan fingerprint density at radius 2 is 1.96 bits per heavy atom. The van der Waals surface area contributed by atoms with Crippen molar-refractivity contribution in [3.63, 3.8) is 0 Å². The number of non-ortho nitro benzene ring substituents is 1. The highest BCUT2D eigenvalue weighted by atomic mass is 32.1. The van der Waals surface area contributed by atoms with Crippen molar-refractivity contribution >= 4 is 38.7 Å². The fraction of sp³-hybridized carbons (Fsp3) is 0.333. The number of fused-ring (bicyclic) bond motifs is 1. The number of nitro groups is 1. The molecule has 26 heavy (non-hydrogen) atoms. The zero-order valence-corrected chi connectivity index (χ0v) is 15.3. The number of pyridine rings is 1. The van der Waals surface area contributed by atoms with Gasteiger partial charge < -0.3 is 9.80 Å². The highest BCUT2D eigenvalue weighted by Gasteiger charge is 2.22. The predicted molar refractivity (Wildman–Crippen MR) is 104 cm³/mol. The van der Waals surface area contributed by atoms with Crippen LogP contribution in [0.4, 0.5) is 16.5 Å². The monoisotopic (exact) mass is 369 g/mol. The minimum absolute atomic E-state index is 0.103. The van der Waals surface area contributed by atoms with Crippen LogP contribution in [0.2, 0.25) is 0 Å². The molecule has 7 nitrogen and oxygen atoms in total. The summed E-state index contributed by atoms with van der Waals surface area (Å²) in [6, 6.07) is 6.93. The van der Waals surface area contributed by atoms with E-state index in [4.69, 9.17) is 0 Å². The van der Waals surface area contributed by atoms with E-state index in [2.05, 4.69) is 25.1 Å². The van der Waals surface area contributed by atoms with Crippen LogP contribution in [0.1, 0.15) is 12.1 Å². The van der Waals surface area contributed by atoms with E-state index in [1.165, 1.54) is 0 Å². The molecule has 1 aliphatic heterocycles. The van der Waals surface area contributed by atoms with Crippen molar-refractivity contribution in [2.24, 2.45) is 0 Å². The molecule has 1 aromatic carbocycles. The lowest BCUT2D eigenvalue weighted by Crippen LogP contribution is -2.30. The number of nitro benzene ring substituents is 1. The first-order valence-electron chi connectivity index (χ1n) is 8.57. The molecule has 2 aromatic heterocycles. The second-order valence-corrected chi connectivity index (χ2v) is 7.20. The molecule has 8 heteroatoms. The van der Waals surface area contributed by atoms with Crippen LogP contribution in [0.15, 0.2) is 35.8 Å². The van der Waals surface area contributed by atoms with Gasteiger partial charge >= 0.3 is 0 Å². The largest absolute Gasteiger partial charge is 0.368 e. The smallest absolute Gasteiger partial charge is 0.278 e. The number of thiazole rings is 1. The molecule has 0 atom stereocenters. The zero-order chi connectivity index (χ0) is 18.1. The molecule has 1 saturated heterocycles. The average molecular weight is 369 g/mol. The first-order valence-corrected chi connectivity index (χ1v) is 9.45. The Balaban J connectivity index is 1.64. The van der Waals surface area contributed by atoms with E-state index >= 15 is 0 Å². The van der Waals surface area contributed by atoms with E-state index < -0.39 is 0 Å². The Labute approximate surface area is 155 Å². The Bertz CT molecular complexity index is 958. The SMILES string of the molecule is Cc1csc(N2CCCN(c3ccc([N+](=O)[O-])c4cccnc34)CC2)n1. The van der Waals surface area contributed by atoms with Gasteiger partial charge in [0.25, 0.3) is 5.69 Å². The Morgan fingerprint density at radius 3 is 2.73 bits per heavy atom. The van der Waals surface area contributed by atoms with E-state index in [0.717, 1.165) is 49.1 Å². The van der Waals surface area contributed by atoms with Crippen LogP contribution in [0.3, 0.4) is 0 Å². The summed E-state index contributed by atoms with van der Waals surface area (Å²) in [5, 5.41) is 15.0. The molecule has 0 saturated carbocycles. The summed E-state index contributed by atoms with van der Waals surface area (Å²) in [5.74, 6) is 0. The van der Waals surface area contributed by atoms with E-state index in [0.29, 0.717) is 10.9 Å². The summed E-state index contributed by atoms with van der Waals surface area (Å²) in [6.07, 6.45) is 2.70. The molecule has 0 amide bonds. The number of hydrogen-bond donors (Lipinski definition) is 0. The van der Waals surface area contributed by atoms with E-state index in [9.17, 15) is 10.1 Å². The van der Waals surface area contributed by atoms with Crippen molar-refractivity contribution in [3.8, 4) is 0 Å². The van der Waals surface area contributed by atoms with Gasteiger partial charge in [-0.15, -0.1) is 11.3 Å². The standard InChI is InChI=1S/C18H19N5O2S/c1-13-12-26-18(20-13)22-9-3-8-21(10-11-22)16-6-5-15(23(24)25)14-4-2-7-19-17(14)16/h2,4-7,12H,3,8-11H2,1H3. The van der Waals surface area contributed by atoms with Crippen molar-refractivity contribution in [1.29, 1.82) is 0 Å². The fourth-order valence-electron chi connectivity index (χ4n) is 3.39. The molecule has 1 aliphatic rings. The van der Waals surface area contributed by atoms with Crippen molar-refractivity contribution in [1.82, 2.24) is 9.97 Å². The molecule has 1 fully saturated rings. The van der Waals surface area contributed by atoms with Crippen LogP contribution in [0.5, 0.6) is 0 Å². The number of aromatic nitrogens is 2. The first-order chi connectivity index (χ1) is 12.6. The van der Waals surface area contributed by atoms with Gasteiger partial charge in [0.2, 0.25) is 0 Å². The number of anilines is 2. The molecule has 3 heterocycles. The lowest BCUT2D eigenvalue weighted by molar-refractivity contribution is -0.383. The second kappa shape index (κ2) is 6.87. The highest BCUT2D eigenvalue weighted by molar-refractivity contribution is 7.13. The third kappa shape index (κ3) is 3.08. The van der Waals surface area contributed by atoms with Crippen LogP contribution < -0.4 is 9.80 Å². The van der Waals surface area contributed by atoms with Gasteiger partial charge in [-0.3, -0.25) is 15.1 Å². The van der Waals surface area contributed by atoms with Gasteiger partial charge in [-0.2, -0.15) is 0 Å². The molecule has 0 radical (unpaired) electrons. The number of rotatable bonds is 3. The molecule has 3 aromatic rings. The number of nitrogens with zero attached hydrogens (tertiary/aromatic N) is 5. The lowest BCUT2D eigenvalue weighted by Gasteiger charge is -2.24. The zero-order valence-electron chi connectivity index (χ0n) is 14.5.